The molecule has 4 heteroatoms. The first-order valence-corrected chi connectivity index (χ1v) is 6.37. The molecule has 0 bridgehead atoms. The van der Waals surface area contributed by atoms with Crippen molar-refractivity contribution in [3.8, 4) is 11.5 Å². The zero-order chi connectivity index (χ0) is 13.8. The highest BCUT2D eigenvalue weighted by Crippen LogP contribution is 2.27. The maximum Gasteiger partial charge on any atom is 0.140 e. The SMILES string of the molecule is CCc1cccc(Oc2cccc(F)c2C(N)=S)c1. The van der Waals surface area contributed by atoms with Crippen molar-refractivity contribution >= 4 is 17.2 Å². The molecule has 19 heavy (non-hydrogen) atoms. The molecule has 2 rings (SSSR count). The summed E-state index contributed by atoms with van der Waals surface area (Å²) in [6.45, 7) is 2.06. The van der Waals surface area contributed by atoms with E-state index >= 15 is 0 Å². The molecule has 0 fully saturated rings. The molecule has 2 nitrogen and oxygen atoms in total. The number of hydrogen-bond acceptors (Lipinski definition) is 2. The van der Waals surface area contributed by atoms with E-state index in [0.29, 0.717) is 11.5 Å². The summed E-state index contributed by atoms with van der Waals surface area (Å²) in [7, 11) is 0. The largest absolute Gasteiger partial charge is 0.457 e. The average Bonchev–Trinajstić information content (AvgIpc) is 2.38. The highest BCUT2D eigenvalue weighted by atomic mass is 32.1. The molecule has 0 aliphatic carbocycles. The van der Waals surface area contributed by atoms with Crippen molar-refractivity contribution in [1.82, 2.24) is 0 Å². The normalized spacial score (nSPS) is 10.2. The van der Waals surface area contributed by atoms with Crippen LogP contribution in [0, 0.1) is 5.82 Å². The van der Waals surface area contributed by atoms with Crippen molar-refractivity contribution in [2.24, 2.45) is 5.73 Å². The second kappa shape index (κ2) is 5.80. The van der Waals surface area contributed by atoms with E-state index in [0.717, 1.165) is 12.0 Å². The van der Waals surface area contributed by atoms with Gasteiger partial charge in [-0.3, -0.25) is 0 Å². The minimum Gasteiger partial charge on any atom is -0.457 e. The molecule has 0 radical (unpaired) electrons. The molecule has 2 N–H and O–H groups in total. The Morgan fingerprint density at radius 3 is 2.68 bits per heavy atom. The Morgan fingerprint density at radius 1 is 1.26 bits per heavy atom. The number of halogens is 1. The Bertz CT molecular complexity index is 613. The van der Waals surface area contributed by atoms with Crippen LogP contribution in [0.4, 0.5) is 4.39 Å². The van der Waals surface area contributed by atoms with Crippen LogP contribution in [0.2, 0.25) is 0 Å². The predicted molar refractivity (Wildman–Crippen MR) is 78.2 cm³/mol. The molecule has 0 saturated carbocycles. The maximum absolute atomic E-state index is 13.7. The Hall–Kier alpha value is -1.94. The second-order valence-electron chi connectivity index (χ2n) is 4.08. The van der Waals surface area contributed by atoms with Gasteiger partial charge < -0.3 is 10.5 Å². The molecule has 0 aliphatic heterocycles. The molecule has 0 amide bonds. The lowest BCUT2D eigenvalue weighted by Crippen LogP contribution is -2.13. The van der Waals surface area contributed by atoms with Gasteiger partial charge in [-0.15, -0.1) is 0 Å². The first-order valence-electron chi connectivity index (χ1n) is 5.97. The van der Waals surface area contributed by atoms with Gasteiger partial charge in [0.1, 0.15) is 22.3 Å². The number of aryl methyl sites for hydroxylation is 1. The van der Waals surface area contributed by atoms with E-state index in [-0.39, 0.29) is 10.6 Å². The number of ether oxygens (including phenoxy) is 1. The predicted octanol–water partition coefficient (Wildman–Crippen LogP) is 3.81. The van der Waals surface area contributed by atoms with Crippen LogP contribution in [0.15, 0.2) is 42.5 Å². The smallest absolute Gasteiger partial charge is 0.140 e. The molecule has 0 atom stereocenters. The third-order valence-corrected chi connectivity index (χ3v) is 2.96. The second-order valence-corrected chi connectivity index (χ2v) is 4.52. The van der Waals surface area contributed by atoms with Gasteiger partial charge in [-0.05, 0) is 36.2 Å². The molecule has 0 heterocycles. The third-order valence-electron chi connectivity index (χ3n) is 2.76. The lowest BCUT2D eigenvalue weighted by Gasteiger charge is -2.11. The van der Waals surface area contributed by atoms with Crippen LogP contribution in [-0.2, 0) is 6.42 Å². The molecule has 98 valence electrons. The van der Waals surface area contributed by atoms with E-state index in [1.165, 1.54) is 6.07 Å². The summed E-state index contributed by atoms with van der Waals surface area (Å²) in [5.41, 5.74) is 6.82. The van der Waals surface area contributed by atoms with E-state index in [2.05, 4.69) is 6.92 Å². The molecule has 0 aromatic heterocycles. The van der Waals surface area contributed by atoms with Crippen LogP contribution in [-0.4, -0.2) is 4.99 Å². The van der Waals surface area contributed by atoms with Crippen molar-refractivity contribution in [2.45, 2.75) is 13.3 Å². The van der Waals surface area contributed by atoms with E-state index in [1.54, 1.807) is 12.1 Å². The third kappa shape index (κ3) is 3.09. The number of nitrogens with two attached hydrogens (primary N) is 1. The molecule has 2 aromatic carbocycles. The summed E-state index contributed by atoms with van der Waals surface area (Å²) >= 11 is 4.86. The zero-order valence-electron chi connectivity index (χ0n) is 10.5. The first kappa shape index (κ1) is 13.5. The molecular formula is C15H14FNOS. The lowest BCUT2D eigenvalue weighted by molar-refractivity contribution is 0.475. The summed E-state index contributed by atoms with van der Waals surface area (Å²) in [6, 6.07) is 12.2. The van der Waals surface area contributed by atoms with Gasteiger partial charge in [-0.2, -0.15) is 0 Å². The highest BCUT2D eigenvalue weighted by molar-refractivity contribution is 7.80. The molecule has 0 aliphatic rings. The Morgan fingerprint density at radius 2 is 2.00 bits per heavy atom. The number of rotatable bonds is 4. The van der Waals surface area contributed by atoms with Gasteiger partial charge in [0.15, 0.2) is 0 Å². The van der Waals surface area contributed by atoms with Gasteiger partial charge >= 0.3 is 0 Å². The Labute approximate surface area is 117 Å². The van der Waals surface area contributed by atoms with Crippen LogP contribution in [0.5, 0.6) is 11.5 Å². The number of hydrogen-bond donors (Lipinski definition) is 1. The number of thiocarbonyl (C=S) groups is 1. The van der Waals surface area contributed by atoms with E-state index in [4.69, 9.17) is 22.7 Å². The molecule has 2 aromatic rings. The maximum atomic E-state index is 13.7. The lowest BCUT2D eigenvalue weighted by atomic mass is 10.1. The van der Waals surface area contributed by atoms with Gasteiger partial charge in [-0.1, -0.05) is 37.3 Å². The fourth-order valence-corrected chi connectivity index (χ4v) is 1.98. The van der Waals surface area contributed by atoms with Crippen LogP contribution < -0.4 is 10.5 Å². The summed E-state index contributed by atoms with van der Waals surface area (Å²) in [5.74, 6) is 0.500. The van der Waals surface area contributed by atoms with Gasteiger partial charge in [0, 0.05) is 0 Å². The van der Waals surface area contributed by atoms with Crippen molar-refractivity contribution in [3.63, 3.8) is 0 Å². The Balaban J connectivity index is 2.38. The fourth-order valence-electron chi connectivity index (χ4n) is 1.78. The van der Waals surface area contributed by atoms with Crippen LogP contribution in [0.25, 0.3) is 0 Å². The summed E-state index contributed by atoms with van der Waals surface area (Å²) in [4.78, 5) is -0.0141. The van der Waals surface area contributed by atoms with Crippen molar-refractivity contribution in [1.29, 1.82) is 0 Å². The van der Waals surface area contributed by atoms with Gasteiger partial charge in [-0.25, -0.2) is 4.39 Å². The van der Waals surface area contributed by atoms with Gasteiger partial charge in [0.2, 0.25) is 0 Å². The van der Waals surface area contributed by atoms with Crippen LogP contribution >= 0.6 is 12.2 Å². The standard InChI is InChI=1S/C15H14FNOS/c1-2-10-5-3-6-11(9-10)18-13-8-4-7-12(16)14(13)15(17)19/h3-9H,2H2,1H3,(H2,17,19). The summed E-state index contributed by atoms with van der Waals surface area (Å²) < 4.78 is 19.4. The zero-order valence-corrected chi connectivity index (χ0v) is 11.3. The fraction of sp³-hybridized carbons (Fsp3) is 0.133. The summed E-state index contributed by atoms with van der Waals surface area (Å²) in [5, 5.41) is 0. The highest BCUT2D eigenvalue weighted by Gasteiger charge is 2.13. The van der Waals surface area contributed by atoms with Crippen LogP contribution in [0.3, 0.4) is 0 Å². The topological polar surface area (TPSA) is 35.2 Å². The van der Waals surface area contributed by atoms with E-state index in [9.17, 15) is 4.39 Å². The van der Waals surface area contributed by atoms with E-state index in [1.807, 2.05) is 24.3 Å². The molecule has 0 unspecified atom stereocenters. The first-order chi connectivity index (χ1) is 9.11. The molecular weight excluding hydrogens is 261 g/mol. The minimum absolute atomic E-state index is 0.0141. The van der Waals surface area contributed by atoms with Gasteiger partial charge in [0.05, 0.1) is 5.56 Å². The van der Waals surface area contributed by atoms with Crippen LogP contribution in [0.1, 0.15) is 18.1 Å². The Kier molecular flexibility index (Phi) is 4.12. The monoisotopic (exact) mass is 275 g/mol. The quantitative estimate of drug-likeness (QED) is 0.862. The van der Waals surface area contributed by atoms with Crippen molar-refractivity contribution in [2.75, 3.05) is 0 Å². The van der Waals surface area contributed by atoms with Crippen molar-refractivity contribution < 1.29 is 9.13 Å². The summed E-state index contributed by atoms with van der Waals surface area (Å²) in [6.07, 6.45) is 0.905. The van der Waals surface area contributed by atoms with Gasteiger partial charge in [0.25, 0.3) is 0 Å². The molecule has 0 saturated heterocycles. The van der Waals surface area contributed by atoms with E-state index < -0.39 is 5.82 Å². The number of benzene rings is 2. The molecule has 0 spiro atoms. The minimum atomic E-state index is -0.475. The van der Waals surface area contributed by atoms with Crippen molar-refractivity contribution in [3.05, 3.63) is 59.4 Å². The average molecular weight is 275 g/mol.